The maximum Gasteiger partial charge on any atom is 0.0541 e. The molecule has 1 aromatic heterocycles. The second-order valence-corrected chi connectivity index (χ2v) is 16.9. The largest absolute Gasteiger partial charge is 0.310 e. The van der Waals surface area contributed by atoms with Crippen LogP contribution >= 0.6 is 0 Å². The van der Waals surface area contributed by atoms with Crippen LogP contribution in [0.15, 0.2) is 267 Å². The highest BCUT2D eigenvalue weighted by Crippen LogP contribution is 2.46. The Hall–Kier alpha value is -8.72. The first kappa shape index (κ1) is 38.9. The Morgan fingerprint density at radius 2 is 0.697 bits per heavy atom. The van der Waals surface area contributed by atoms with Gasteiger partial charge in [0.1, 0.15) is 0 Å². The van der Waals surface area contributed by atoms with E-state index in [1.54, 1.807) is 0 Å². The lowest BCUT2D eigenvalue weighted by atomic mass is 9.88. The van der Waals surface area contributed by atoms with Crippen LogP contribution < -0.4 is 4.90 Å². The van der Waals surface area contributed by atoms with E-state index in [0.29, 0.717) is 0 Å². The van der Waals surface area contributed by atoms with Gasteiger partial charge in [-0.25, -0.2) is 0 Å². The van der Waals surface area contributed by atoms with Crippen LogP contribution in [-0.4, -0.2) is 4.57 Å². The second-order valence-electron chi connectivity index (χ2n) is 16.9. The fourth-order valence-corrected chi connectivity index (χ4v) is 9.92. The molecule has 2 heteroatoms. The molecule has 0 bridgehead atoms. The summed E-state index contributed by atoms with van der Waals surface area (Å²) in [4.78, 5) is 2.42. The highest BCUT2D eigenvalue weighted by molar-refractivity contribution is 6.10. The van der Waals surface area contributed by atoms with Gasteiger partial charge in [-0.3, -0.25) is 0 Å². The highest BCUT2D eigenvalue weighted by atomic mass is 15.1. The molecule has 0 unspecified atom stereocenters. The van der Waals surface area contributed by atoms with Gasteiger partial charge >= 0.3 is 0 Å². The molecule has 12 rings (SSSR count). The monoisotopic (exact) mass is 840 g/mol. The molecule has 11 aromatic carbocycles. The minimum atomic E-state index is 1.07. The molecule has 0 saturated carbocycles. The molecule has 310 valence electrons. The fourth-order valence-electron chi connectivity index (χ4n) is 9.92. The van der Waals surface area contributed by atoms with Crippen molar-refractivity contribution in [3.05, 3.63) is 267 Å². The van der Waals surface area contributed by atoms with Crippen molar-refractivity contribution in [1.29, 1.82) is 0 Å². The average molecular weight is 841 g/mol. The van der Waals surface area contributed by atoms with E-state index in [2.05, 4.69) is 276 Å². The van der Waals surface area contributed by atoms with Crippen molar-refractivity contribution >= 4 is 49.6 Å². The molecule has 0 fully saturated rings. The number of nitrogens with zero attached hydrogens (tertiary/aromatic N) is 2. The van der Waals surface area contributed by atoms with Crippen LogP contribution in [0.4, 0.5) is 17.1 Å². The van der Waals surface area contributed by atoms with Crippen LogP contribution in [0.1, 0.15) is 0 Å². The number of aromatic nitrogens is 1. The van der Waals surface area contributed by atoms with E-state index >= 15 is 0 Å². The smallest absolute Gasteiger partial charge is 0.0541 e. The van der Waals surface area contributed by atoms with Gasteiger partial charge in [0.05, 0.1) is 22.4 Å². The molecule has 0 saturated heterocycles. The Morgan fingerprint density at radius 3 is 1.36 bits per heavy atom. The van der Waals surface area contributed by atoms with Crippen molar-refractivity contribution in [3.63, 3.8) is 0 Å². The molecule has 1 heterocycles. The van der Waals surface area contributed by atoms with Crippen molar-refractivity contribution in [2.75, 3.05) is 4.90 Å². The van der Waals surface area contributed by atoms with E-state index in [9.17, 15) is 0 Å². The zero-order valence-corrected chi connectivity index (χ0v) is 36.3. The lowest BCUT2D eigenvalue weighted by Crippen LogP contribution is -2.11. The number of benzene rings is 11. The Bertz CT molecular complexity index is 3640. The van der Waals surface area contributed by atoms with E-state index in [1.165, 1.54) is 77.1 Å². The van der Waals surface area contributed by atoms with Crippen molar-refractivity contribution < 1.29 is 0 Å². The van der Waals surface area contributed by atoms with Gasteiger partial charge in [-0.05, 0) is 110 Å². The van der Waals surface area contributed by atoms with Crippen LogP contribution in [0.5, 0.6) is 0 Å². The zero-order chi connectivity index (χ0) is 43.8. The van der Waals surface area contributed by atoms with Crippen molar-refractivity contribution in [3.8, 4) is 61.3 Å². The quantitative estimate of drug-likeness (QED) is 0.141. The summed E-state index contributed by atoms with van der Waals surface area (Å²) in [6.07, 6.45) is 0. The summed E-state index contributed by atoms with van der Waals surface area (Å²) < 4.78 is 2.42. The normalized spacial score (nSPS) is 11.3. The summed E-state index contributed by atoms with van der Waals surface area (Å²) in [6.45, 7) is 0. The van der Waals surface area contributed by atoms with Gasteiger partial charge in [0.15, 0.2) is 0 Å². The number of hydrogen-bond donors (Lipinski definition) is 0. The molecule has 0 N–H and O–H groups in total. The Labute approximate surface area is 385 Å². The summed E-state index contributed by atoms with van der Waals surface area (Å²) in [7, 11) is 0. The molecule has 0 aliphatic carbocycles. The van der Waals surface area contributed by atoms with E-state index in [-0.39, 0.29) is 0 Å². The third-order valence-corrected chi connectivity index (χ3v) is 13.0. The lowest BCUT2D eigenvalue weighted by Gasteiger charge is -2.29. The van der Waals surface area contributed by atoms with E-state index in [4.69, 9.17) is 0 Å². The molecular formula is C64H44N2. The van der Waals surface area contributed by atoms with E-state index < -0.39 is 0 Å². The van der Waals surface area contributed by atoms with Crippen molar-refractivity contribution in [2.24, 2.45) is 0 Å². The van der Waals surface area contributed by atoms with Gasteiger partial charge in [0.2, 0.25) is 0 Å². The average Bonchev–Trinajstić information content (AvgIpc) is 3.74. The lowest BCUT2D eigenvalue weighted by molar-refractivity contribution is 1.18. The summed E-state index contributed by atoms with van der Waals surface area (Å²) in [6, 6.07) is 96.9. The van der Waals surface area contributed by atoms with Gasteiger partial charge in [-0.2, -0.15) is 0 Å². The van der Waals surface area contributed by atoms with Crippen LogP contribution in [0, 0.1) is 0 Å². The van der Waals surface area contributed by atoms with E-state index in [1.807, 2.05) is 0 Å². The number of fused-ring (bicyclic) bond motifs is 4. The zero-order valence-electron chi connectivity index (χ0n) is 36.3. The van der Waals surface area contributed by atoms with Crippen LogP contribution in [0.2, 0.25) is 0 Å². The molecule has 0 aliphatic heterocycles. The van der Waals surface area contributed by atoms with Crippen molar-refractivity contribution in [1.82, 2.24) is 4.57 Å². The highest BCUT2D eigenvalue weighted by Gasteiger charge is 2.21. The summed E-state index contributed by atoms with van der Waals surface area (Å²) in [5.41, 5.74) is 18.6. The van der Waals surface area contributed by atoms with Crippen molar-refractivity contribution in [2.45, 2.75) is 0 Å². The molecule has 0 spiro atoms. The Morgan fingerprint density at radius 1 is 0.258 bits per heavy atom. The maximum absolute atomic E-state index is 2.42. The number of anilines is 3. The predicted molar refractivity (Wildman–Crippen MR) is 280 cm³/mol. The standard InChI is InChI=1S/C64H44N2/c1-2-19-47(20-3-1)53-22-6-7-24-55(53)56-25-8-9-26-57(56)58-27-11-15-31-62(58)65(51-40-36-46(37-41-51)50-35-34-45-18-4-5-21-49(45)44-50)52-42-38-48(39-43-52)54-23-10-14-30-61(54)66-63-32-16-12-28-59(63)60-29-13-17-33-64(60)66/h1-44H. The molecule has 0 amide bonds. The van der Waals surface area contributed by atoms with Gasteiger partial charge < -0.3 is 9.47 Å². The topological polar surface area (TPSA) is 8.17 Å². The number of hydrogen-bond acceptors (Lipinski definition) is 1. The van der Waals surface area contributed by atoms with Gasteiger partial charge in [0, 0.05) is 33.3 Å². The summed E-state index contributed by atoms with van der Waals surface area (Å²) in [5.74, 6) is 0. The van der Waals surface area contributed by atoms with Crippen LogP contribution in [0.25, 0.3) is 93.9 Å². The van der Waals surface area contributed by atoms with E-state index in [0.717, 1.165) is 33.9 Å². The molecule has 66 heavy (non-hydrogen) atoms. The predicted octanol–water partition coefficient (Wildman–Crippen LogP) is 17.7. The van der Waals surface area contributed by atoms with Gasteiger partial charge in [-0.1, -0.05) is 212 Å². The first-order valence-electron chi connectivity index (χ1n) is 22.7. The minimum absolute atomic E-state index is 1.07. The molecule has 0 aliphatic rings. The third kappa shape index (κ3) is 6.93. The summed E-state index contributed by atoms with van der Waals surface area (Å²) >= 11 is 0. The van der Waals surface area contributed by atoms with Crippen LogP contribution in [0.3, 0.4) is 0 Å². The molecule has 12 aromatic rings. The molecule has 2 nitrogen and oxygen atoms in total. The first-order chi connectivity index (χ1) is 32.8. The van der Waals surface area contributed by atoms with Crippen LogP contribution in [-0.2, 0) is 0 Å². The molecule has 0 atom stereocenters. The Kier molecular flexibility index (Phi) is 9.89. The minimum Gasteiger partial charge on any atom is -0.310 e. The van der Waals surface area contributed by atoms with Gasteiger partial charge in [0.25, 0.3) is 0 Å². The molecular weight excluding hydrogens is 797 g/mol. The maximum atomic E-state index is 2.42. The Balaban J connectivity index is 1.00. The number of para-hydroxylation sites is 4. The SMILES string of the molecule is c1ccc(-c2ccccc2-c2ccccc2-c2ccccc2N(c2ccc(-c3ccc4ccccc4c3)cc2)c2ccc(-c3ccccc3-n3c4ccccc4c4ccccc43)cc2)cc1. The second kappa shape index (κ2) is 16.8. The first-order valence-corrected chi connectivity index (χ1v) is 22.7. The fraction of sp³-hybridized carbons (Fsp3) is 0. The van der Waals surface area contributed by atoms with Gasteiger partial charge in [-0.15, -0.1) is 0 Å². The third-order valence-electron chi connectivity index (χ3n) is 13.0. The number of rotatable bonds is 9. The molecule has 0 radical (unpaired) electrons. The summed E-state index contributed by atoms with van der Waals surface area (Å²) in [5, 5.41) is 4.99.